The number of rotatable bonds is 2. The summed E-state index contributed by atoms with van der Waals surface area (Å²) in [6, 6.07) is 0. The third-order valence-corrected chi connectivity index (χ3v) is 0.853. The predicted octanol–water partition coefficient (Wildman–Crippen LogP) is -0.0708. The van der Waals surface area contributed by atoms with Gasteiger partial charge in [-0.3, -0.25) is 9.89 Å². The third-order valence-electron chi connectivity index (χ3n) is 0.853. The Morgan fingerprint density at radius 1 is 1.90 bits per heavy atom. The van der Waals surface area contributed by atoms with Crippen molar-refractivity contribution in [2.24, 2.45) is 0 Å². The van der Waals surface area contributed by atoms with E-state index in [0.29, 0.717) is 5.82 Å². The van der Waals surface area contributed by atoms with E-state index in [0.717, 1.165) is 6.08 Å². The molecule has 0 radical (unpaired) electrons. The lowest BCUT2D eigenvalue weighted by molar-refractivity contribution is -0.111. The molecule has 0 fully saturated rings. The van der Waals surface area contributed by atoms with Gasteiger partial charge in [0.1, 0.15) is 0 Å². The van der Waals surface area contributed by atoms with Gasteiger partial charge in [0.05, 0.1) is 6.20 Å². The number of hydrogen-bond donors (Lipinski definition) is 2. The fourth-order valence-corrected chi connectivity index (χ4v) is 0.440. The summed E-state index contributed by atoms with van der Waals surface area (Å²) >= 11 is 0. The summed E-state index contributed by atoms with van der Waals surface area (Å²) < 4.78 is 0. The normalized spacial score (nSPS) is 8.80. The van der Waals surface area contributed by atoms with Gasteiger partial charge in [0.15, 0.2) is 5.82 Å². The van der Waals surface area contributed by atoms with E-state index in [2.05, 4.69) is 27.3 Å². The van der Waals surface area contributed by atoms with Gasteiger partial charge in [-0.1, -0.05) is 11.8 Å². The third kappa shape index (κ3) is 1.41. The average molecular weight is 138 g/mol. The Kier molecular flexibility index (Phi) is 1.79. The van der Waals surface area contributed by atoms with Gasteiger partial charge in [-0.25, -0.2) is 0 Å². The van der Waals surface area contributed by atoms with E-state index in [1.54, 1.807) is 0 Å². The molecule has 1 aromatic rings. The van der Waals surface area contributed by atoms with Crippen LogP contribution in [0.25, 0.3) is 0 Å². The number of carbonyl (C=O) groups is 1. The van der Waals surface area contributed by atoms with Crippen molar-refractivity contribution < 1.29 is 4.79 Å². The molecular weight excluding hydrogens is 132 g/mol. The van der Waals surface area contributed by atoms with Crippen LogP contribution < -0.4 is 5.32 Å². The van der Waals surface area contributed by atoms with E-state index in [-0.39, 0.29) is 5.91 Å². The van der Waals surface area contributed by atoms with Crippen molar-refractivity contribution in [1.82, 2.24) is 15.4 Å². The van der Waals surface area contributed by atoms with E-state index in [9.17, 15) is 4.79 Å². The number of anilines is 1. The molecule has 10 heavy (non-hydrogen) atoms. The molecule has 0 bridgehead atoms. The highest BCUT2D eigenvalue weighted by atomic mass is 16.1. The van der Waals surface area contributed by atoms with Crippen molar-refractivity contribution in [2.45, 2.75) is 0 Å². The van der Waals surface area contributed by atoms with E-state index in [1.165, 1.54) is 6.20 Å². The Hall–Kier alpha value is -1.65. The highest BCUT2D eigenvalue weighted by Crippen LogP contribution is 1.94. The molecule has 0 atom stereocenters. The van der Waals surface area contributed by atoms with Crippen molar-refractivity contribution in [2.75, 3.05) is 5.32 Å². The molecule has 0 saturated carbocycles. The average Bonchev–Trinajstić information content (AvgIpc) is 2.40. The number of hydrogen-bond acceptors (Lipinski definition) is 3. The number of nitrogens with zero attached hydrogens (tertiary/aromatic N) is 2. The van der Waals surface area contributed by atoms with Crippen LogP contribution in [-0.2, 0) is 4.79 Å². The topological polar surface area (TPSA) is 70.7 Å². The second kappa shape index (κ2) is 2.77. The van der Waals surface area contributed by atoms with Crippen LogP contribution in [0.15, 0.2) is 18.9 Å². The molecule has 52 valence electrons. The number of aromatic amines is 1. The van der Waals surface area contributed by atoms with Gasteiger partial charge in [-0.15, -0.1) is 5.10 Å². The minimum absolute atomic E-state index is 0.297. The number of amides is 1. The first-order valence-corrected chi connectivity index (χ1v) is 2.63. The molecule has 5 nitrogen and oxygen atoms in total. The van der Waals surface area contributed by atoms with Crippen molar-refractivity contribution in [1.29, 1.82) is 0 Å². The fourth-order valence-electron chi connectivity index (χ4n) is 0.440. The number of aromatic nitrogens is 3. The Bertz CT molecular complexity index is 228. The monoisotopic (exact) mass is 138 g/mol. The van der Waals surface area contributed by atoms with Gasteiger partial charge in [0.25, 0.3) is 0 Å². The molecular formula is C5H6N4O. The second-order valence-corrected chi connectivity index (χ2v) is 1.55. The Morgan fingerprint density at radius 2 is 2.70 bits per heavy atom. The number of carbonyl (C=O) groups excluding carboxylic acids is 1. The van der Waals surface area contributed by atoms with E-state index in [1.807, 2.05) is 0 Å². The lowest BCUT2D eigenvalue weighted by Gasteiger charge is -1.91. The van der Waals surface area contributed by atoms with Gasteiger partial charge in [0.2, 0.25) is 5.91 Å². The lowest BCUT2D eigenvalue weighted by Crippen LogP contribution is -2.07. The summed E-state index contributed by atoms with van der Waals surface area (Å²) in [5, 5.41) is 11.8. The van der Waals surface area contributed by atoms with Gasteiger partial charge in [-0.2, -0.15) is 0 Å². The zero-order chi connectivity index (χ0) is 7.40. The minimum atomic E-state index is -0.297. The van der Waals surface area contributed by atoms with Crippen molar-refractivity contribution in [3.8, 4) is 0 Å². The van der Waals surface area contributed by atoms with Crippen LogP contribution in [0.2, 0.25) is 0 Å². The maximum absolute atomic E-state index is 10.6. The summed E-state index contributed by atoms with van der Waals surface area (Å²) in [5.74, 6) is 0.0961. The molecule has 0 spiro atoms. The molecule has 2 N–H and O–H groups in total. The van der Waals surface area contributed by atoms with E-state index < -0.39 is 0 Å². The predicted molar refractivity (Wildman–Crippen MR) is 35.2 cm³/mol. The molecule has 0 aliphatic carbocycles. The smallest absolute Gasteiger partial charge is 0.249 e. The van der Waals surface area contributed by atoms with Crippen LogP contribution in [-0.4, -0.2) is 21.3 Å². The zero-order valence-electron chi connectivity index (χ0n) is 5.16. The highest BCUT2D eigenvalue weighted by Gasteiger charge is 1.96. The summed E-state index contributed by atoms with van der Waals surface area (Å²) in [6.45, 7) is 3.27. The van der Waals surface area contributed by atoms with Gasteiger partial charge >= 0.3 is 0 Å². The molecule has 1 aromatic heterocycles. The first kappa shape index (κ1) is 6.47. The summed E-state index contributed by atoms with van der Waals surface area (Å²) in [6.07, 6.45) is 2.64. The molecule has 1 rings (SSSR count). The Balaban J connectivity index is 2.56. The number of nitrogens with one attached hydrogen (secondary N) is 2. The zero-order valence-corrected chi connectivity index (χ0v) is 5.16. The molecule has 0 aliphatic rings. The second-order valence-electron chi connectivity index (χ2n) is 1.55. The molecule has 5 heteroatoms. The Morgan fingerprint density at radius 3 is 3.20 bits per heavy atom. The maximum Gasteiger partial charge on any atom is 0.249 e. The molecule has 1 heterocycles. The van der Waals surface area contributed by atoms with E-state index >= 15 is 0 Å². The number of H-pyrrole nitrogens is 1. The van der Waals surface area contributed by atoms with Crippen LogP contribution in [0.3, 0.4) is 0 Å². The van der Waals surface area contributed by atoms with Crippen LogP contribution >= 0.6 is 0 Å². The molecule has 0 unspecified atom stereocenters. The van der Waals surface area contributed by atoms with Gasteiger partial charge in [-0.05, 0) is 6.08 Å². The van der Waals surface area contributed by atoms with Crippen molar-refractivity contribution in [3.05, 3.63) is 18.9 Å². The first-order valence-electron chi connectivity index (χ1n) is 2.63. The molecule has 1 amide bonds. The van der Waals surface area contributed by atoms with Crippen molar-refractivity contribution in [3.63, 3.8) is 0 Å². The maximum atomic E-state index is 10.6. The quantitative estimate of drug-likeness (QED) is 0.562. The van der Waals surface area contributed by atoms with Gasteiger partial charge in [0, 0.05) is 0 Å². The standard InChI is InChI=1S/C5H6N4O/c1-2-5(10)7-4-3-6-9-8-4/h2-3H,1H2,(H2,6,7,8,9,10). The molecule has 0 aliphatic heterocycles. The summed E-state index contributed by atoms with van der Waals surface area (Å²) in [4.78, 5) is 10.6. The van der Waals surface area contributed by atoms with Crippen molar-refractivity contribution >= 4 is 11.7 Å². The van der Waals surface area contributed by atoms with E-state index in [4.69, 9.17) is 0 Å². The minimum Gasteiger partial charge on any atom is -0.304 e. The van der Waals surface area contributed by atoms with Gasteiger partial charge < -0.3 is 5.32 Å². The summed E-state index contributed by atoms with van der Waals surface area (Å²) in [7, 11) is 0. The Labute approximate surface area is 57.1 Å². The highest BCUT2D eigenvalue weighted by molar-refractivity contribution is 5.97. The van der Waals surface area contributed by atoms with Crippen LogP contribution in [0.1, 0.15) is 0 Å². The van der Waals surface area contributed by atoms with Crippen LogP contribution in [0.4, 0.5) is 5.82 Å². The van der Waals surface area contributed by atoms with Crippen LogP contribution in [0, 0.1) is 0 Å². The SMILES string of the molecule is C=CC(=O)Nc1c[nH]nn1. The largest absolute Gasteiger partial charge is 0.304 e. The first-order chi connectivity index (χ1) is 4.83. The fraction of sp³-hybridized carbons (Fsp3) is 0. The van der Waals surface area contributed by atoms with Crippen LogP contribution in [0.5, 0.6) is 0 Å². The lowest BCUT2D eigenvalue weighted by atomic mass is 10.6. The molecule has 0 saturated heterocycles. The summed E-state index contributed by atoms with van der Waals surface area (Å²) in [5.41, 5.74) is 0. The molecule has 0 aromatic carbocycles.